The molecule has 2 rings (SSSR count). The fraction of sp³-hybridized carbons (Fsp3) is 0.294. The van der Waals surface area contributed by atoms with Gasteiger partial charge < -0.3 is 5.32 Å². The van der Waals surface area contributed by atoms with Crippen molar-refractivity contribution in [2.75, 3.05) is 7.05 Å². The van der Waals surface area contributed by atoms with Crippen LogP contribution in [0.25, 0.3) is 0 Å². The Balaban J connectivity index is 2.23. The Hall–Kier alpha value is -2.20. The number of nitro groups is 1. The molecule has 4 nitrogen and oxygen atoms in total. The van der Waals surface area contributed by atoms with Gasteiger partial charge in [-0.05, 0) is 49.6 Å². The molecule has 0 aliphatic heterocycles. The molecule has 4 heteroatoms. The average molecular weight is 284 g/mol. The van der Waals surface area contributed by atoms with Crippen molar-refractivity contribution in [3.63, 3.8) is 0 Å². The van der Waals surface area contributed by atoms with Crippen LogP contribution in [0.15, 0.2) is 42.5 Å². The molecule has 2 aromatic carbocycles. The summed E-state index contributed by atoms with van der Waals surface area (Å²) in [5, 5.41) is 14.0. The molecule has 0 radical (unpaired) electrons. The van der Waals surface area contributed by atoms with E-state index in [0.29, 0.717) is 0 Å². The lowest BCUT2D eigenvalue weighted by atomic mass is 9.93. The largest absolute Gasteiger partial charge is 0.313 e. The number of rotatable bonds is 5. The maximum Gasteiger partial charge on any atom is 0.269 e. The number of nitro benzene ring substituents is 1. The van der Waals surface area contributed by atoms with Crippen molar-refractivity contribution in [2.45, 2.75) is 26.3 Å². The Morgan fingerprint density at radius 2 is 1.81 bits per heavy atom. The van der Waals surface area contributed by atoms with Gasteiger partial charge in [0.05, 0.1) is 4.92 Å². The van der Waals surface area contributed by atoms with Crippen molar-refractivity contribution >= 4 is 5.69 Å². The van der Waals surface area contributed by atoms with Crippen LogP contribution in [-0.4, -0.2) is 12.0 Å². The first-order chi connectivity index (χ1) is 10.0. The summed E-state index contributed by atoms with van der Waals surface area (Å²) in [6.07, 6.45) is 0.804. The van der Waals surface area contributed by atoms with Crippen LogP contribution in [0.2, 0.25) is 0 Å². The first-order valence-electron chi connectivity index (χ1n) is 6.99. The van der Waals surface area contributed by atoms with Crippen molar-refractivity contribution in [1.29, 1.82) is 0 Å². The summed E-state index contributed by atoms with van der Waals surface area (Å²) in [5.41, 5.74) is 5.05. The van der Waals surface area contributed by atoms with Gasteiger partial charge in [0.2, 0.25) is 0 Å². The van der Waals surface area contributed by atoms with Crippen molar-refractivity contribution < 1.29 is 4.92 Å². The molecular weight excluding hydrogens is 264 g/mol. The van der Waals surface area contributed by atoms with E-state index in [1.54, 1.807) is 12.1 Å². The van der Waals surface area contributed by atoms with Gasteiger partial charge in [0, 0.05) is 18.2 Å². The van der Waals surface area contributed by atoms with Crippen LogP contribution in [0, 0.1) is 24.0 Å². The molecule has 0 heterocycles. The van der Waals surface area contributed by atoms with E-state index >= 15 is 0 Å². The van der Waals surface area contributed by atoms with Gasteiger partial charge in [-0.2, -0.15) is 0 Å². The molecular formula is C17H20N2O2. The minimum absolute atomic E-state index is 0.131. The van der Waals surface area contributed by atoms with Gasteiger partial charge in [-0.15, -0.1) is 0 Å². The number of non-ortho nitro benzene ring substituents is 1. The smallest absolute Gasteiger partial charge is 0.269 e. The van der Waals surface area contributed by atoms with E-state index in [4.69, 9.17) is 0 Å². The predicted octanol–water partition coefficient (Wildman–Crippen LogP) is 3.71. The van der Waals surface area contributed by atoms with Crippen LogP contribution in [0.3, 0.4) is 0 Å². The highest BCUT2D eigenvalue weighted by Gasteiger charge is 2.14. The van der Waals surface area contributed by atoms with E-state index in [2.05, 4.69) is 37.4 Å². The number of nitrogens with zero attached hydrogens (tertiary/aromatic N) is 1. The highest BCUT2D eigenvalue weighted by atomic mass is 16.6. The molecule has 21 heavy (non-hydrogen) atoms. The second kappa shape index (κ2) is 6.50. The van der Waals surface area contributed by atoms with E-state index in [-0.39, 0.29) is 16.7 Å². The molecule has 0 spiro atoms. The van der Waals surface area contributed by atoms with Gasteiger partial charge in [-0.1, -0.05) is 30.3 Å². The van der Waals surface area contributed by atoms with Gasteiger partial charge in [0.25, 0.3) is 5.69 Å². The lowest BCUT2D eigenvalue weighted by Crippen LogP contribution is -2.20. The summed E-state index contributed by atoms with van der Waals surface area (Å²) >= 11 is 0. The highest BCUT2D eigenvalue weighted by Crippen LogP contribution is 2.24. The number of hydrogen-bond acceptors (Lipinski definition) is 3. The quantitative estimate of drug-likeness (QED) is 0.672. The standard InChI is InChI=1S/C17H20N2O2/c1-12-5-4-6-16(13(12)2)17(18-3)11-14-7-9-15(10-8-14)19(20)21/h4-10,17-18H,11H2,1-3H3. The molecule has 1 unspecified atom stereocenters. The lowest BCUT2D eigenvalue weighted by Gasteiger charge is -2.20. The fourth-order valence-electron chi connectivity index (χ4n) is 2.51. The van der Waals surface area contributed by atoms with E-state index in [1.165, 1.54) is 16.7 Å². The Morgan fingerprint density at radius 1 is 1.14 bits per heavy atom. The Morgan fingerprint density at radius 3 is 2.38 bits per heavy atom. The zero-order chi connectivity index (χ0) is 15.4. The van der Waals surface area contributed by atoms with Crippen molar-refractivity contribution in [1.82, 2.24) is 5.32 Å². The molecule has 0 fully saturated rings. The molecule has 0 aromatic heterocycles. The molecule has 0 aliphatic rings. The third-order valence-corrected chi connectivity index (χ3v) is 3.96. The summed E-state index contributed by atoms with van der Waals surface area (Å²) < 4.78 is 0. The molecule has 0 saturated heterocycles. The normalized spacial score (nSPS) is 12.1. The monoisotopic (exact) mass is 284 g/mol. The predicted molar refractivity (Wildman–Crippen MR) is 84.5 cm³/mol. The van der Waals surface area contributed by atoms with Gasteiger partial charge >= 0.3 is 0 Å². The molecule has 2 aromatic rings. The van der Waals surface area contributed by atoms with E-state index < -0.39 is 0 Å². The second-order valence-corrected chi connectivity index (χ2v) is 5.26. The number of likely N-dealkylation sites (N-methyl/N-ethyl adjacent to an activating group) is 1. The summed E-state index contributed by atoms with van der Waals surface area (Å²) in [4.78, 5) is 10.3. The van der Waals surface area contributed by atoms with Crippen molar-refractivity contribution in [2.24, 2.45) is 0 Å². The number of nitrogens with one attached hydrogen (secondary N) is 1. The summed E-state index contributed by atoms with van der Waals surface area (Å²) in [6.45, 7) is 4.24. The molecule has 1 N–H and O–H groups in total. The van der Waals surface area contributed by atoms with Crippen LogP contribution < -0.4 is 5.32 Å². The first kappa shape index (κ1) is 15.2. The lowest BCUT2D eigenvalue weighted by molar-refractivity contribution is -0.384. The first-order valence-corrected chi connectivity index (χ1v) is 6.99. The molecule has 1 atom stereocenters. The zero-order valence-corrected chi connectivity index (χ0v) is 12.6. The molecule has 0 bridgehead atoms. The summed E-state index contributed by atoms with van der Waals surface area (Å²) in [7, 11) is 1.94. The third-order valence-electron chi connectivity index (χ3n) is 3.96. The van der Waals surface area contributed by atoms with Gasteiger partial charge in [0.1, 0.15) is 0 Å². The van der Waals surface area contributed by atoms with Crippen LogP contribution >= 0.6 is 0 Å². The average Bonchev–Trinajstić information content (AvgIpc) is 2.48. The summed E-state index contributed by atoms with van der Waals surface area (Å²) in [5.74, 6) is 0. The fourth-order valence-corrected chi connectivity index (χ4v) is 2.51. The Kier molecular flexibility index (Phi) is 4.70. The summed E-state index contributed by atoms with van der Waals surface area (Å²) in [6, 6.07) is 13.3. The van der Waals surface area contributed by atoms with Crippen molar-refractivity contribution in [3.8, 4) is 0 Å². The maximum absolute atomic E-state index is 10.7. The van der Waals surface area contributed by atoms with Crippen LogP contribution in [0.4, 0.5) is 5.69 Å². The third kappa shape index (κ3) is 3.47. The van der Waals surface area contributed by atoms with Crippen LogP contribution in [0.1, 0.15) is 28.3 Å². The SMILES string of the molecule is CNC(Cc1ccc([N+](=O)[O-])cc1)c1cccc(C)c1C. The number of aryl methyl sites for hydroxylation is 1. The molecule has 0 saturated carbocycles. The molecule has 0 aliphatic carbocycles. The second-order valence-electron chi connectivity index (χ2n) is 5.26. The number of hydrogen-bond donors (Lipinski definition) is 1. The van der Waals surface area contributed by atoms with Gasteiger partial charge in [-0.3, -0.25) is 10.1 Å². The minimum Gasteiger partial charge on any atom is -0.313 e. The van der Waals surface area contributed by atoms with E-state index in [1.807, 2.05) is 19.2 Å². The topological polar surface area (TPSA) is 55.2 Å². The highest BCUT2D eigenvalue weighted by molar-refractivity contribution is 5.38. The molecule has 110 valence electrons. The van der Waals surface area contributed by atoms with E-state index in [0.717, 1.165) is 12.0 Å². The van der Waals surface area contributed by atoms with Crippen LogP contribution in [0.5, 0.6) is 0 Å². The van der Waals surface area contributed by atoms with Crippen LogP contribution in [-0.2, 0) is 6.42 Å². The zero-order valence-electron chi connectivity index (χ0n) is 12.6. The van der Waals surface area contributed by atoms with Gasteiger partial charge in [0.15, 0.2) is 0 Å². The Labute approximate surface area is 125 Å². The van der Waals surface area contributed by atoms with Crippen molar-refractivity contribution in [3.05, 3.63) is 74.8 Å². The molecule has 0 amide bonds. The Bertz CT molecular complexity index is 636. The maximum atomic E-state index is 10.7. The van der Waals surface area contributed by atoms with E-state index in [9.17, 15) is 10.1 Å². The number of benzene rings is 2. The van der Waals surface area contributed by atoms with Gasteiger partial charge in [-0.25, -0.2) is 0 Å². The minimum atomic E-state index is -0.371.